The molecule has 4 aromatic rings. The number of aromatic nitrogens is 2. The topological polar surface area (TPSA) is 126 Å². The molecule has 4 rings (SSSR count). The Kier molecular flexibility index (Phi) is 7.48. The number of nitro benzene ring substituents is 1. The van der Waals surface area contributed by atoms with E-state index in [1.807, 2.05) is 13.0 Å². The lowest BCUT2D eigenvalue weighted by molar-refractivity contribution is -0.384. The van der Waals surface area contributed by atoms with E-state index in [-0.39, 0.29) is 17.0 Å². The third-order valence-corrected chi connectivity index (χ3v) is 5.37. The first-order chi connectivity index (χ1) is 17.9. The van der Waals surface area contributed by atoms with Gasteiger partial charge in [0.25, 0.3) is 11.2 Å². The number of nitrogens with zero attached hydrogens (tertiary/aromatic N) is 4. The predicted octanol–water partition coefficient (Wildman–Crippen LogP) is 4.38. The van der Waals surface area contributed by atoms with Crippen molar-refractivity contribution in [2.75, 3.05) is 7.11 Å². The van der Waals surface area contributed by atoms with Gasteiger partial charge in [0, 0.05) is 24.6 Å². The first kappa shape index (κ1) is 25.0. The largest absolute Gasteiger partial charge is 0.493 e. The van der Waals surface area contributed by atoms with Gasteiger partial charge >= 0.3 is 5.97 Å². The summed E-state index contributed by atoms with van der Waals surface area (Å²) >= 11 is 0. The van der Waals surface area contributed by atoms with E-state index in [9.17, 15) is 19.7 Å². The Morgan fingerprint density at radius 2 is 1.81 bits per heavy atom. The number of methoxy groups -OCH3 is 1. The van der Waals surface area contributed by atoms with Crippen LogP contribution in [-0.4, -0.2) is 33.9 Å². The van der Waals surface area contributed by atoms with Crippen molar-refractivity contribution in [1.29, 1.82) is 0 Å². The maximum Gasteiger partial charge on any atom is 0.336 e. The molecule has 0 aliphatic carbocycles. The number of ether oxygens (including phenoxy) is 2. The number of para-hydroxylation sites is 1. The second-order valence-corrected chi connectivity index (χ2v) is 7.77. The summed E-state index contributed by atoms with van der Waals surface area (Å²) in [5, 5.41) is 15.6. The molecule has 1 heterocycles. The Labute approximate surface area is 211 Å². The van der Waals surface area contributed by atoms with E-state index < -0.39 is 10.9 Å². The maximum atomic E-state index is 12.9. The number of benzene rings is 3. The lowest BCUT2D eigenvalue weighted by Gasteiger charge is -2.09. The SMILES string of the molecule is CCc1nc2ccccc2c(=O)n1N=Cc1ccc(OC(=O)C=Cc2ccc([N+](=O)[O-])cc2)c(OC)c1. The minimum absolute atomic E-state index is 0.0410. The van der Waals surface area contributed by atoms with E-state index in [1.54, 1.807) is 36.4 Å². The van der Waals surface area contributed by atoms with E-state index >= 15 is 0 Å². The highest BCUT2D eigenvalue weighted by atomic mass is 16.6. The Morgan fingerprint density at radius 1 is 1.08 bits per heavy atom. The van der Waals surface area contributed by atoms with Crippen molar-refractivity contribution < 1.29 is 19.2 Å². The molecule has 0 amide bonds. The van der Waals surface area contributed by atoms with E-state index in [1.165, 1.54) is 54.4 Å². The van der Waals surface area contributed by atoms with Crippen LogP contribution in [0.4, 0.5) is 5.69 Å². The van der Waals surface area contributed by atoms with Gasteiger partial charge in [-0.1, -0.05) is 19.1 Å². The molecule has 0 spiro atoms. The van der Waals surface area contributed by atoms with Crippen molar-refractivity contribution in [3.05, 3.63) is 110 Å². The highest BCUT2D eigenvalue weighted by molar-refractivity contribution is 5.89. The molecule has 0 atom stereocenters. The summed E-state index contributed by atoms with van der Waals surface area (Å²) in [5.41, 5.74) is 1.52. The molecule has 0 saturated carbocycles. The van der Waals surface area contributed by atoms with Gasteiger partial charge in [-0.05, 0) is 59.7 Å². The molecule has 186 valence electrons. The quantitative estimate of drug-likeness (QED) is 0.0881. The standard InChI is InChI=1S/C27H22N4O6/c1-3-25-29-22-7-5-4-6-21(22)27(33)30(25)28-17-19-10-14-23(24(16-19)36-2)37-26(32)15-11-18-8-12-20(13-9-18)31(34)35/h4-17H,3H2,1-2H3. The van der Waals surface area contributed by atoms with Crippen LogP contribution in [0.25, 0.3) is 17.0 Å². The Hall–Kier alpha value is -5.12. The molecule has 0 fully saturated rings. The Bertz CT molecular complexity index is 1590. The molecule has 10 heteroatoms. The van der Waals surface area contributed by atoms with E-state index in [4.69, 9.17) is 9.47 Å². The van der Waals surface area contributed by atoms with Crippen molar-refractivity contribution in [2.24, 2.45) is 5.10 Å². The summed E-state index contributed by atoms with van der Waals surface area (Å²) in [6.45, 7) is 1.89. The molecule has 0 bridgehead atoms. The number of esters is 1. The minimum atomic E-state index is -0.653. The van der Waals surface area contributed by atoms with Gasteiger partial charge in [-0.15, -0.1) is 0 Å². The molecular formula is C27H22N4O6. The summed E-state index contributed by atoms with van der Waals surface area (Å²) in [4.78, 5) is 40.0. The van der Waals surface area contributed by atoms with Crippen LogP contribution in [0.2, 0.25) is 0 Å². The number of carbonyl (C=O) groups is 1. The van der Waals surface area contributed by atoms with Crippen LogP contribution in [0.1, 0.15) is 23.9 Å². The van der Waals surface area contributed by atoms with Crippen molar-refractivity contribution in [1.82, 2.24) is 9.66 Å². The van der Waals surface area contributed by atoms with Gasteiger partial charge in [0.15, 0.2) is 11.5 Å². The lowest BCUT2D eigenvalue weighted by Crippen LogP contribution is -2.22. The van der Waals surface area contributed by atoms with Crippen LogP contribution in [0.3, 0.4) is 0 Å². The van der Waals surface area contributed by atoms with Crippen LogP contribution in [-0.2, 0) is 11.2 Å². The molecule has 0 aliphatic rings. The number of fused-ring (bicyclic) bond motifs is 1. The third kappa shape index (κ3) is 5.76. The normalized spacial score (nSPS) is 11.3. The van der Waals surface area contributed by atoms with Gasteiger partial charge in [-0.3, -0.25) is 14.9 Å². The van der Waals surface area contributed by atoms with Gasteiger partial charge < -0.3 is 9.47 Å². The highest BCUT2D eigenvalue weighted by Gasteiger charge is 2.11. The van der Waals surface area contributed by atoms with Gasteiger partial charge in [0.05, 0.1) is 29.2 Å². The lowest BCUT2D eigenvalue weighted by atomic mass is 10.2. The average Bonchev–Trinajstić information content (AvgIpc) is 2.92. The molecule has 0 saturated heterocycles. The fraction of sp³-hybridized carbons (Fsp3) is 0.111. The van der Waals surface area contributed by atoms with Crippen molar-refractivity contribution in [2.45, 2.75) is 13.3 Å². The van der Waals surface area contributed by atoms with Crippen LogP contribution in [0.15, 0.2) is 82.7 Å². The number of non-ortho nitro benzene ring substituents is 1. The predicted molar refractivity (Wildman–Crippen MR) is 139 cm³/mol. The smallest absolute Gasteiger partial charge is 0.336 e. The first-order valence-electron chi connectivity index (χ1n) is 11.3. The number of hydrogen-bond acceptors (Lipinski definition) is 8. The van der Waals surface area contributed by atoms with Crippen LogP contribution in [0, 0.1) is 10.1 Å². The zero-order valence-electron chi connectivity index (χ0n) is 20.0. The zero-order chi connectivity index (χ0) is 26.4. The number of rotatable bonds is 8. The minimum Gasteiger partial charge on any atom is -0.493 e. The highest BCUT2D eigenvalue weighted by Crippen LogP contribution is 2.28. The third-order valence-electron chi connectivity index (χ3n) is 5.37. The second-order valence-electron chi connectivity index (χ2n) is 7.77. The summed E-state index contributed by atoms with van der Waals surface area (Å²) in [6.07, 6.45) is 4.71. The van der Waals surface area contributed by atoms with E-state index in [2.05, 4.69) is 10.1 Å². The fourth-order valence-corrected chi connectivity index (χ4v) is 3.50. The number of hydrogen-bond donors (Lipinski definition) is 0. The molecule has 37 heavy (non-hydrogen) atoms. The summed E-state index contributed by atoms with van der Waals surface area (Å²) in [5.74, 6) is 0.356. The van der Waals surface area contributed by atoms with Crippen LogP contribution < -0.4 is 15.0 Å². The molecule has 0 unspecified atom stereocenters. The molecule has 1 aromatic heterocycles. The van der Waals surface area contributed by atoms with Crippen molar-refractivity contribution >= 4 is 34.9 Å². The first-order valence-corrected chi connectivity index (χ1v) is 11.3. The molecule has 0 aliphatic heterocycles. The van der Waals surface area contributed by atoms with Gasteiger partial charge in [-0.25, -0.2) is 9.78 Å². The van der Waals surface area contributed by atoms with Gasteiger partial charge in [-0.2, -0.15) is 9.78 Å². The Morgan fingerprint density at radius 3 is 2.51 bits per heavy atom. The van der Waals surface area contributed by atoms with Crippen LogP contribution in [0.5, 0.6) is 11.5 Å². The molecule has 0 N–H and O–H groups in total. The molecule has 0 radical (unpaired) electrons. The van der Waals surface area contributed by atoms with Crippen molar-refractivity contribution in [3.8, 4) is 11.5 Å². The number of nitro groups is 1. The fourth-order valence-electron chi connectivity index (χ4n) is 3.50. The number of carbonyl (C=O) groups excluding carboxylic acids is 1. The van der Waals surface area contributed by atoms with E-state index in [0.29, 0.717) is 40.0 Å². The number of aryl methyl sites for hydroxylation is 1. The summed E-state index contributed by atoms with van der Waals surface area (Å²) in [7, 11) is 1.44. The maximum absolute atomic E-state index is 12.9. The monoisotopic (exact) mass is 498 g/mol. The Balaban J connectivity index is 1.52. The van der Waals surface area contributed by atoms with Crippen LogP contribution >= 0.6 is 0 Å². The molecular weight excluding hydrogens is 476 g/mol. The van der Waals surface area contributed by atoms with E-state index in [0.717, 1.165) is 0 Å². The molecule has 10 nitrogen and oxygen atoms in total. The van der Waals surface area contributed by atoms with Gasteiger partial charge in [0.1, 0.15) is 5.82 Å². The second kappa shape index (κ2) is 11.1. The molecule has 3 aromatic carbocycles. The van der Waals surface area contributed by atoms with Crippen molar-refractivity contribution in [3.63, 3.8) is 0 Å². The average molecular weight is 498 g/mol. The zero-order valence-corrected chi connectivity index (χ0v) is 20.0. The summed E-state index contributed by atoms with van der Waals surface area (Å²) in [6, 6.07) is 17.7. The summed E-state index contributed by atoms with van der Waals surface area (Å²) < 4.78 is 12.0. The van der Waals surface area contributed by atoms with Gasteiger partial charge in [0.2, 0.25) is 0 Å².